The highest BCUT2D eigenvalue weighted by Gasteiger charge is 2.15. The van der Waals surface area contributed by atoms with E-state index in [1.54, 1.807) is 21.3 Å². The summed E-state index contributed by atoms with van der Waals surface area (Å²) < 4.78 is 22.6. The molecule has 0 amide bonds. The molecule has 0 radical (unpaired) electrons. The molecule has 0 saturated heterocycles. The third-order valence-electron chi connectivity index (χ3n) is 5.88. The highest BCUT2D eigenvalue weighted by atomic mass is 16.5. The standard InChI is InChI=1S/C32H34N2O4/c1-5-6-7-11-18-34-28(22-33)27(19-25-14-16-29(35-2)31(20-25)37-4)26-15-17-30(36-3)32(21-26)38-23-24-12-9-8-10-13-24/h5,8-10,12-17,19-21H,1,6-7,11,18,23H2,2-4H3/b27-19+,34-28-. The molecule has 0 aliphatic heterocycles. The van der Waals surface area contributed by atoms with E-state index in [1.165, 1.54) is 0 Å². The van der Waals surface area contributed by atoms with Gasteiger partial charge in [-0.25, -0.2) is 0 Å². The van der Waals surface area contributed by atoms with Crippen molar-refractivity contribution in [3.05, 3.63) is 96.1 Å². The molecule has 0 bridgehead atoms. The summed E-state index contributed by atoms with van der Waals surface area (Å²) in [7, 11) is 4.80. The van der Waals surface area contributed by atoms with Gasteiger partial charge < -0.3 is 18.9 Å². The van der Waals surface area contributed by atoms with E-state index >= 15 is 0 Å². The highest BCUT2D eigenvalue weighted by molar-refractivity contribution is 6.34. The quantitative estimate of drug-likeness (QED) is 0.0996. The van der Waals surface area contributed by atoms with Crippen molar-refractivity contribution in [1.82, 2.24) is 0 Å². The van der Waals surface area contributed by atoms with Crippen LogP contribution in [0.15, 0.2) is 84.4 Å². The lowest BCUT2D eigenvalue weighted by atomic mass is 9.98. The van der Waals surface area contributed by atoms with E-state index in [4.69, 9.17) is 18.9 Å². The second-order valence-electron chi connectivity index (χ2n) is 8.44. The number of nitriles is 1. The smallest absolute Gasteiger partial charge is 0.162 e. The van der Waals surface area contributed by atoms with Crippen molar-refractivity contribution in [2.45, 2.75) is 25.9 Å². The molecule has 0 aliphatic carbocycles. The number of rotatable bonds is 14. The molecule has 0 aliphatic rings. The molecule has 0 spiro atoms. The van der Waals surface area contributed by atoms with Crippen molar-refractivity contribution in [3.8, 4) is 29.1 Å². The molecule has 0 N–H and O–H groups in total. The molecule has 6 nitrogen and oxygen atoms in total. The monoisotopic (exact) mass is 510 g/mol. The number of aliphatic imine (C=N–C) groups is 1. The van der Waals surface area contributed by atoms with Crippen LogP contribution in [0.4, 0.5) is 0 Å². The normalized spacial score (nSPS) is 11.4. The van der Waals surface area contributed by atoms with Crippen LogP contribution in [0, 0.1) is 11.3 Å². The van der Waals surface area contributed by atoms with Crippen LogP contribution in [0.2, 0.25) is 0 Å². The SMILES string of the molecule is C=CCCCC/N=C(C#N)\C(=C\c1ccc(OC)c(OC)c1)c1ccc(OC)c(OCc2ccccc2)c1. The Kier molecular flexibility index (Phi) is 11.0. The first-order valence-corrected chi connectivity index (χ1v) is 12.5. The van der Waals surface area contributed by atoms with Crippen molar-refractivity contribution in [3.63, 3.8) is 0 Å². The van der Waals surface area contributed by atoms with Gasteiger partial charge in [0, 0.05) is 12.1 Å². The Hall–Kier alpha value is -4.50. The lowest BCUT2D eigenvalue weighted by Gasteiger charge is -2.14. The lowest BCUT2D eigenvalue weighted by molar-refractivity contribution is 0.284. The maximum atomic E-state index is 10.1. The highest BCUT2D eigenvalue weighted by Crippen LogP contribution is 2.34. The molecular weight excluding hydrogens is 476 g/mol. The minimum atomic E-state index is 0.345. The molecule has 38 heavy (non-hydrogen) atoms. The molecule has 196 valence electrons. The van der Waals surface area contributed by atoms with Crippen LogP contribution in [0.3, 0.4) is 0 Å². The number of unbranched alkanes of at least 4 members (excludes halogenated alkanes) is 2. The summed E-state index contributed by atoms with van der Waals surface area (Å²) in [6.07, 6.45) is 6.59. The van der Waals surface area contributed by atoms with Crippen LogP contribution in [0.1, 0.15) is 36.0 Å². The first-order valence-electron chi connectivity index (χ1n) is 12.5. The first-order chi connectivity index (χ1) is 18.6. The van der Waals surface area contributed by atoms with Crippen LogP contribution in [-0.4, -0.2) is 33.6 Å². The molecule has 0 heterocycles. The predicted octanol–water partition coefficient (Wildman–Crippen LogP) is 7.15. The predicted molar refractivity (Wildman–Crippen MR) is 153 cm³/mol. The molecule has 3 rings (SSSR count). The summed E-state index contributed by atoms with van der Waals surface area (Å²) >= 11 is 0. The summed E-state index contributed by atoms with van der Waals surface area (Å²) in [6, 6.07) is 23.5. The maximum absolute atomic E-state index is 10.1. The van der Waals surface area contributed by atoms with Crippen molar-refractivity contribution >= 4 is 17.4 Å². The van der Waals surface area contributed by atoms with Crippen LogP contribution in [-0.2, 0) is 6.61 Å². The van der Waals surface area contributed by atoms with Gasteiger partial charge in [0.25, 0.3) is 0 Å². The van der Waals surface area contributed by atoms with Crippen molar-refractivity contribution in [1.29, 1.82) is 5.26 Å². The van der Waals surface area contributed by atoms with Gasteiger partial charge in [0.2, 0.25) is 0 Å². The Labute approximate surface area is 225 Å². The number of allylic oxidation sites excluding steroid dienone is 2. The zero-order valence-electron chi connectivity index (χ0n) is 22.3. The minimum absolute atomic E-state index is 0.345. The van der Waals surface area contributed by atoms with Gasteiger partial charge >= 0.3 is 0 Å². The van der Waals surface area contributed by atoms with E-state index in [1.807, 2.05) is 78.9 Å². The average Bonchev–Trinajstić information content (AvgIpc) is 2.97. The van der Waals surface area contributed by atoms with Gasteiger partial charge in [-0.1, -0.05) is 48.5 Å². The number of hydrogen-bond donors (Lipinski definition) is 0. The van der Waals surface area contributed by atoms with E-state index in [0.29, 0.717) is 47.4 Å². The molecule has 0 saturated carbocycles. The van der Waals surface area contributed by atoms with Crippen LogP contribution >= 0.6 is 0 Å². The largest absolute Gasteiger partial charge is 0.493 e. The van der Waals surface area contributed by atoms with E-state index in [0.717, 1.165) is 36.0 Å². The van der Waals surface area contributed by atoms with Gasteiger partial charge in [-0.15, -0.1) is 6.58 Å². The van der Waals surface area contributed by atoms with Crippen molar-refractivity contribution < 1.29 is 18.9 Å². The third-order valence-corrected chi connectivity index (χ3v) is 5.88. The number of ether oxygens (including phenoxy) is 4. The Morgan fingerprint density at radius 3 is 2.26 bits per heavy atom. The third kappa shape index (κ3) is 7.75. The van der Waals surface area contributed by atoms with Crippen LogP contribution in [0.5, 0.6) is 23.0 Å². The first kappa shape index (κ1) is 28.1. The van der Waals surface area contributed by atoms with Gasteiger partial charge in [0.1, 0.15) is 18.4 Å². The lowest BCUT2D eigenvalue weighted by Crippen LogP contribution is -2.03. The van der Waals surface area contributed by atoms with Gasteiger partial charge in [0.15, 0.2) is 23.0 Å². The molecule has 6 heteroatoms. The summed E-state index contributed by atoms with van der Waals surface area (Å²) in [4.78, 5) is 4.65. The fraction of sp³-hybridized carbons (Fsp3) is 0.250. The number of hydrogen-bond acceptors (Lipinski definition) is 6. The maximum Gasteiger partial charge on any atom is 0.162 e. The Bertz CT molecular complexity index is 1310. The second-order valence-corrected chi connectivity index (χ2v) is 8.44. The van der Waals surface area contributed by atoms with Crippen molar-refractivity contribution in [2.75, 3.05) is 27.9 Å². The summed E-state index contributed by atoms with van der Waals surface area (Å²) in [5.74, 6) is 2.41. The molecular formula is C32H34N2O4. The Balaban J connectivity index is 2.04. The van der Waals surface area contributed by atoms with E-state index in [2.05, 4.69) is 17.6 Å². The van der Waals surface area contributed by atoms with Crippen LogP contribution < -0.4 is 18.9 Å². The Morgan fingerprint density at radius 1 is 0.868 bits per heavy atom. The fourth-order valence-electron chi connectivity index (χ4n) is 3.86. The number of benzene rings is 3. The zero-order valence-corrected chi connectivity index (χ0v) is 22.3. The summed E-state index contributed by atoms with van der Waals surface area (Å²) in [5.41, 5.74) is 3.69. The second kappa shape index (κ2) is 14.9. The zero-order chi connectivity index (χ0) is 27.2. The summed E-state index contributed by atoms with van der Waals surface area (Å²) in [5, 5.41) is 10.1. The molecule has 3 aromatic rings. The summed E-state index contributed by atoms with van der Waals surface area (Å²) in [6.45, 7) is 4.70. The van der Waals surface area contributed by atoms with Crippen molar-refractivity contribution in [2.24, 2.45) is 4.99 Å². The fourth-order valence-corrected chi connectivity index (χ4v) is 3.86. The van der Waals surface area contributed by atoms with Gasteiger partial charge in [-0.05, 0) is 66.3 Å². The van der Waals surface area contributed by atoms with Crippen LogP contribution in [0.25, 0.3) is 11.6 Å². The topological polar surface area (TPSA) is 73.1 Å². The number of methoxy groups -OCH3 is 3. The van der Waals surface area contributed by atoms with E-state index in [-0.39, 0.29) is 0 Å². The van der Waals surface area contributed by atoms with Gasteiger partial charge in [0.05, 0.1) is 21.3 Å². The van der Waals surface area contributed by atoms with Gasteiger partial charge in [-0.3, -0.25) is 4.99 Å². The van der Waals surface area contributed by atoms with E-state index < -0.39 is 0 Å². The van der Waals surface area contributed by atoms with E-state index in [9.17, 15) is 5.26 Å². The van der Waals surface area contributed by atoms with Gasteiger partial charge in [-0.2, -0.15) is 5.26 Å². The average molecular weight is 511 g/mol. The molecule has 0 aromatic heterocycles. The molecule has 0 atom stereocenters. The molecule has 0 unspecified atom stereocenters. The Morgan fingerprint density at radius 2 is 1.58 bits per heavy atom. The minimum Gasteiger partial charge on any atom is -0.493 e. The molecule has 3 aromatic carbocycles. The number of nitrogens with zero attached hydrogens (tertiary/aromatic N) is 2. The molecule has 0 fully saturated rings.